The summed E-state index contributed by atoms with van der Waals surface area (Å²) in [5.74, 6) is 0.837. The van der Waals surface area contributed by atoms with E-state index in [1.54, 1.807) is 12.1 Å². The van der Waals surface area contributed by atoms with Gasteiger partial charge in [-0.25, -0.2) is 4.39 Å². The van der Waals surface area contributed by atoms with Crippen LogP contribution in [0, 0.1) is 23.6 Å². The summed E-state index contributed by atoms with van der Waals surface area (Å²) in [7, 11) is 0. The first-order valence-corrected chi connectivity index (χ1v) is 12.2. The third-order valence-electron chi connectivity index (χ3n) is 7.89. The summed E-state index contributed by atoms with van der Waals surface area (Å²) >= 11 is 0. The van der Waals surface area contributed by atoms with Crippen molar-refractivity contribution in [2.24, 2.45) is 17.8 Å². The Morgan fingerprint density at radius 1 is 0.800 bits per heavy atom. The van der Waals surface area contributed by atoms with Crippen molar-refractivity contribution < 1.29 is 17.6 Å². The summed E-state index contributed by atoms with van der Waals surface area (Å²) in [6.07, 6.45) is 8.18. The molecule has 0 spiro atoms. The Labute approximate surface area is 179 Å². The molecule has 1 aromatic rings. The summed E-state index contributed by atoms with van der Waals surface area (Å²) in [6, 6.07) is 3.24. The van der Waals surface area contributed by atoms with Gasteiger partial charge in [0.2, 0.25) is 0 Å². The molecule has 0 unspecified atom stereocenters. The molecule has 1 aromatic carbocycles. The zero-order valence-electron chi connectivity index (χ0n) is 18.7. The molecular formula is C26H38F4. The van der Waals surface area contributed by atoms with Gasteiger partial charge in [0.15, 0.2) is 0 Å². The van der Waals surface area contributed by atoms with Crippen LogP contribution in [-0.4, -0.2) is 0 Å². The minimum atomic E-state index is -4.63. The molecule has 0 aliphatic heterocycles. The van der Waals surface area contributed by atoms with Gasteiger partial charge in [-0.1, -0.05) is 70.9 Å². The maximum atomic E-state index is 15.2. The van der Waals surface area contributed by atoms with E-state index in [1.165, 1.54) is 25.7 Å². The average Bonchev–Trinajstić information content (AvgIpc) is 2.72. The zero-order valence-corrected chi connectivity index (χ0v) is 18.7. The van der Waals surface area contributed by atoms with Gasteiger partial charge in [0.05, 0.1) is 5.56 Å². The van der Waals surface area contributed by atoms with Crippen LogP contribution in [-0.2, 0) is 12.6 Å². The minimum Gasteiger partial charge on any atom is -0.206 e. The SMILES string of the molecule is CCCC1CCC(CCc2ccc(C3CCC(CC)CC3)c(F)c2C(F)(F)F)CC1. The van der Waals surface area contributed by atoms with E-state index in [2.05, 4.69) is 13.8 Å². The van der Waals surface area contributed by atoms with Gasteiger partial charge < -0.3 is 0 Å². The third-order valence-corrected chi connectivity index (χ3v) is 7.89. The number of benzene rings is 1. The Balaban J connectivity index is 1.70. The van der Waals surface area contributed by atoms with Crippen LogP contribution in [0.2, 0.25) is 0 Å². The van der Waals surface area contributed by atoms with Crippen LogP contribution in [0.15, 0.2) is 12.1 Å². The van der Waals surface area contributed by atoms with Crippen LogP contribution in [0.3, 0.4) is 0 Å². The smallest absolute Gasteiger partial charge is 0.206 e. The molecule has 0 amide bonds. The lowest BCUT2D eigenvalue weighted by atomic mass is 9.76. The fourth-order valence-electron chi connectivity index (χ4n) is 5.92. The highest BCUT2D eigenvalue weighted by Gasteiger charge is 2.39. The number of aryl methyl sites for hydroxylation is 1. The summed E-state index contributed by atoms with van der Waals surface area (Å²) in [4.78, 5) is 0. The molecule has 4 heteroatoms. The maximum Gasteiger partial charge on any atom is 0.419 e. The highest BCUT2D eigenvalue weighted by atomic mass is 19.4. The number of hydrogen-bond donors (Lipinski definition) is 0. The molecule has 0 radical (unpaired) electrons. The largest absolute Gasteiger partial charge is 0.419 e. The summed E-state index contributed by atoms with van der Waals surface area (Å²) < 4.78 is 56.7. The molecule has 0 heterocycles. The predicted octanol–water partition coefficient (Wildman–Crippen LogP) is 9.07. The first kappa shape index (κ1) is 23.6. The Kier molecular flexibility index (Phi) is 8.26. The van der Waals surface area contributed by atoms with Gasteiger partial charge in [0.25, 0.3) is 0 Å². The van der Waals surface area contributed by atoms with Crippen molar-refractivity contribution in [3.05, 3.63) is 34.6 Å². The van der Waals surface area contributed by atoms with Gasteiger partial charge in [-0.2, -0.15) is 13.2 Å². The molecule has 170 valence electrons. The highest BCUT2D eigenvalue weighted by Crippen LogP contribution is 2.43. The predicted molar refractivity (Wildman–Crippen MR) is 115 cm³/mol. The van der Waals surface area contributed by atoms with Gasteiger partial charge >= 0.3 is 6.18 Å². The molecule has 30 heavy (non-hydrogen) atoms. The van der Waals surface area contributed by atoms with Crippen molar-refractivity contribution in [2.45, 2.75) is 109 Å². The fourth-order valence-corrected chi connectivity index (χ4v) is 5.92. The second-order valence-electron chi connectivity index (χ2n) is 9.84. The van der Waals surface area contributed by atoms with E-state index in [0.717, 1.165) is 57.3 Å². The summed E-state index contributed by atoms with van der Waals surface area (Å²) in [5.41, 5.74) is -0.542. The van der Waals surface area contributed by atoms with Crippen LogP contribution in [0.1, 0.15) is 114 Å². The van der Waals surface area contributed by atoms with E-state index in [0.29, 0.717) is 23.8 Å². The quantitative estimate of drug-likeness (QED) is 0.381. The van der Waals surface area contributed by atoms with Gasteiger partial charge in [-0.3, -0.25) is 0 Å². The molecule has 2 saturated carbocycles. The molecule has 2 aliphatic rings. The third kappa shape index (κ3) is 5.79. The summed E-state index contributed by atoms with van der Waals surface area (Å²) in [5, 5.41) is 0. The molecular weight excluding hydrogens is 388 g/mol. The minimum absolute atomic E-state index is 0.0724. The van der Waals surface area contributed by atoms with E-state index in [9.17, 15) is 13.2 Å². The van der Waals surface area contributed by atoms with Crippen molar-refractivity contribution >= 4 is 0 Å². The van der Waals surface area contributed by atoms with Crippen molar-refractivity contribution in [2.75, 3.05) is 0 Å². The molecule has 0 saturated heterocycles. The second kappa shape index (κ2) is 10.5. The van der Waals surface area contributed by atoms with Gasteiger partial charge in [0.1, 0.15) is 5.82 Å². The molecule has 0 N–H and O–H groups in total. The van der Waals surface area contributed by atoms with Crippen LogP contribution in [0.4, 0.5) is 17.6 Å². The number of rotatable bonds is 7. The Morgan fingerprint density at radius 2 is 1.37 bits per heavy atom. The molecule has 0 aromatic heterocycles. The lowest BCUT2D eigenvalue weighted by Crippen LogP contribution is -2.19. The van der Waals surface area contributed by atoms with Gasteiger partial charge in [0, 0.05) is 0 Å². The van der Waals surface area contributed by atoms with Gasteiger partial charge in [-0.05, 0) is 73.3 Å². The topological polar surface area (TPSA) is 0 Å². The Morgan fingerprint density at radius 3 is 1.90 bits per heavy atom. The van der Waals surface area contributed by atoms with E-state index in [1.807, 2.05) is 0 Å². The van der Waals surface area contributed by atoms with E-state index >= 15 is 4.39 Å². The molecule has 2 fully saturated rings. The van der Waals surface area contributed by atoms with Crippen molar-refractivity contribution in [1.29, 1.82) is 0 Å². The average molecular weight is 427 g/mol. The van der Waals surface area contributed by atoms with Crippen LogP contribution in [0.25, 0.3) is 0 Å². The monoisotopic (exact) mass is 426 g/mol. The first-order chi connectivity index (χ1) is 14.3. The molecule has 0 nitrogen and oxygen atoms in total. The van der Waals surface area contributed by atoms with Crippen LogP contribution >= 0.6 is 0 Å². The van der Waals surface area contributed by atoms with Crippen molar-refractivity contribution in [3.8, 4) is 0 Å². The van der Waals surface area contributed by atoms with E-state index in [-0.39, 0.29) is 11.5 Å². The second-order valence-corrected chi connectivity index (χ2v) is 9.84. The Bertz CT molecular complexity index is 662. The molecule has 2 aliphatic carbocycles. The summed E-state index contributed by atoms with van der Waals surface area (Å²) in [6.45, 7) is 4.36. The van der Waals surface area contributed by atoms with Crippen LogP contribution in [0.5, 0.6) is 0 Å². The highest BCUT2D eigenvalue weighted by molar-refractivity contribution is 5.38. The molecule has 3 rings (SSSR count). The zero-order chi connectivity index (χ0) is 21.7. The maximum absolute atomic E-state index is 15.2. The first-order valence-electron chi connectivity index (χ1n) is 12.2. The number of alkyl halides is 3. The number of hydrogen-bond acceptors (Lipinski definition) is 0. The fraction of sp³-hybridized carbons (Fsp3) is 0.769. The Hall–Kier alpha value is -1.06. The van der Waals surface area contributed by atoms with Gasteiger partial charge in [-0.15, -0.1) is 0 Å². The van der Waals surface area contributed by atoms with Crippen molar-refractivity contribution in [1.82, 2.24) is 0 Å². The number of halogens is 4. The van der Waals surface area contributed by atoms with E-state index < -0.39 is 17.6 Å². The van der Waals surface area contributed by atoms with Crippen molar-refractivity contribution in [3.63, 3.8) is 0 Å². The van der Waals surface area contributed by atoms with Crippen LogP contribution < -0.4 is 0 Å². The lowest BCUT2D eigenvalue weighted by molar-refractivity contribution is -0.140. The molecule has 0 atom stereocenters. The van der Waals surface area contributed by atoms with E-state index in [4.69, 9.17) is 0 Å². The normalized spacial score (nSPS) is 27.9. The standard InChI is InChI=1S/C26H38F4/c1-3-5-19-6-8-20(9-7-19)12-15-22-16-17-23(25(27)24(22)26(28,29)30)21-13-10-18(4-2)11-14-21/h16-21H,3-15H2,1-2H3. The lowest BCUT2D eigenvalue weighted by Gasteiger charge is -2.30. The molecule has 0 bridgehead atoms.